The van der Waals surface area contributed by atoms with Crippen LogP contribution in [0.25, 0.3) is 0 Å². The van der Waals surface area contributed by atoms with Crippen LogP contribution in [0.5, 0.6) is 17.2 Å². The highest BCUT2D eigenvalue weighted by molar-refractivity contribution is 6.09. The number of allylic oxidation sites excluding steroid dienone is 2. The highest BCUT2D eigenvalue weighted by Gasteiger charge is 2.46. The van der Waals surface area contributed by atoms with Crippen LogP contribution < -0.4 is 14.2 Å². The van der Waals surface area contributed by atoms with Crippen LogP contribution in [-0.4, -0.2) is 59.1 Å². The fraction of sp³-hybridized carbons (Fsp3) is 0.560. The molecule has 1 aromatic rings. The fourth-order valence-corrected chi connectivity index (χ4v) is 4.71. The molecule has 0 N–H and O–H groups in total. The molecule has 1 unspecified atom stereocenters. The van der Waals surface area contributed by atoms with Crippen molar-refractivity contribution in [2.75, 3.05) is 41.7 Å². The number of aliphatic imine (C=N–C) groups is 1. The molecule has 1 heterocycles. The second-order valence-electron chi connectivity index (χ2n) is 9.13. The van der Waals surface area contributed by atoms with Gasteiger partial charge in [-0.3, -0.25) is 14.6 Å². The number of ether oxygens (including phenoxy) is 5. The number of ketones is 1. The van der Waals surface area contributed by atoms with Crippen molar-refractivity contribution >= 4 is 17.5 Å². The molecule has 8 heteroatoms. The van der Waals surface area contributed by atoms with E-state index >= 15 is 0 Å². The summed E-state index contributed by atoms with van der Waals surface area (Å²) in [5.74, 6) is -0.455. The Kier molecular flexibility index (Phi) is 7.47. The summed E-state index contributed by atoms with van der Waals surface area (Å²) in [4.78, 5) is 31.4. The van der Waals surface area contributed by atoms with E-state index in [-0.39, 0.29) is 24.4 Å². The number of nitrogens with zero attached hydrogens (tertiary/aromatic N) is 1. The lowest BCUT2D eigenvalue weighted by Gasteiger charge is -2.39. The zero-order valence-electron chi connectivity index (χ0n) is 20.4. The molecule has 1 aliphatic carbocycles. The summed E-state index contributed by atoms with van der Waals surface area (Å²) in [6.45, 7) is 6.32. The number of Topliss-reactive ketones (excluding diaryl/α,β-unsaturated/α-hetero) is 1. The maximum absolute atomic E-state index is 13.4. The fourth-order valence-electron chi connectivity index (χ4n) is 4.71. The third-order valence-corrected chi connectivity index (χ3v) is 6.13. The number of carbonyl (C=O) groups is 2. The number of carbonyl (C=O) groups excluding carboxylic acids is 2. The molecule has 1 aromatic carbocycles. The first kappa shape index (κ1) is 24.8. The molecule has 33 heavy (non-hydrogen) atoms. The molecule has 0 spiro atoms. The summed E-state index contributed by atoms with van der Waals surface area (Å²) >= 11 is 0. The molecular formula is C25H33NO7. The first-order valence-electron chi connectivity index (χ1n) is 10.9. The Balaban J connectivity index is 2.19. The first-order valence-corrected chi connectivity index (χ1v) is 10.9. The van der Waals surface area contributed by atoms with Crippen molar-refractivity contribution < 1.29 is 33.3 Å². The van der Waals surface area contributed by atoms with Gasteiger partial charge in [0.2, 0.25) is 5.75 Å². The van der Waals surface area contributed by atoms with Gasteiger partial charge < -0.3 is 23.7 Å². The molecule has 8 nitrogen and oxygen atoms in total. The van der Waals surface area contributed by atoms with E-state index in [1.54, 1.807) is 19.2 Å². The van der Waals surface area contributed by atoms with Crippen molar-refractivity contribution in [3.63, 3.8) is 0 Å². The maximum atomic E-state index is 13.4. The van der Waals surface area contributed by atoms with Gasteiger partial charge in [0.15, 0.2) is 17.3 Å². The van der Waals surface area contributed by atoms with Crippen LogP contribution >= 0.6 is 0 Å². The second kappa shape index (κ2) is 9.95. The number of rotatable bonds is 8. The quantitative estimate of drug-likeness (QED) is 0.432. The van der Waals surface area contributed by atoms with Crippen molar-refractivity contribution in [3.8, 4) is 17.2 Å². The van der Waals surface area contributed by atoms with Gasteiger partial charge in [-0.15, -0.1) is 0 Å². The van der Waals surface area contributed by atoms with E-state index in [1.165, 1.54) is 21.3 Å². The molecule has 180 valence electrons. The average Bonchev–Trinajstić information content (AvgIpc) is 2.76. The van der Waals surface area contributed by atoms with E-state index in [4.69, 9.17) is 28.7 Å². The van der Waals surface area contributed by atoms with Gasteiger partial charge in [0.25, 0.3) is 0 Å². The lowest BCUT2D eigenvalue weighted by atomic mass is 9.67. The maximum Gasteiger partial charge on any atom is 0.315 e. The van der Waals surface area contributed by atoms with E-state index in [2.05, 4.69) is 13.8 Å². The number of hydrogen-bond acceptors (Lipinski definition) is 8. The number of methoxy groups -OCH3 is 4. The smallest absolute Gasteiger partial charge is 0.315 e. The minimum absolute atomic E-state index is 0.00839. The van der Waals surface area contributed by atoms with Gasteiger partial charge in [0, 0.05) is 36.4 Å². The minimum Gasteiger partial charge on any atom is -0.493 e. The average molecular weight is 460 g/mol. The lowest BCUT2D eigenvalue weighted by Crippen LogP contribution is -2.39. The SMILES string of the molecule is COCCOC(=O)C1C(C)=NC2=C(C(=O)CC(C)(C)C2)[C@H]1c1cc(OC)c(OC)c(OC)c1. The van der Waals surface area contributed by atoms with Gasteiger partial charge in [0.05, 0.1) is 27.9 Å². The Morgan fingerprint density at radius 1 is 1.03 bits per heavy atom. The molecule has 0 radical (unpaired) electrons. The largest absolute Gasteiger partial charge is 0.493 e. The standard InChI is InChI=1S/C25H33NO7/c1-14-20(24(28)33-9-8-29-4)21(22-16(26-14)12-25(2,3)13-17(22)27)15-10-18(30-5)23(32-7)19(11-15)31-6/h10-11,20-21H,8-9,12-13H2,1-7H3/t20?,21-/m0/s1. The Morgan fingerprint density at radius 3 is 2.21 bits per heavy atom. The van der Waals surface area contributed by atoms with E-state index < -0.39 is 17.8 Å². The van der Waals surface area contributed by atoms with E-state index in [9.17, 15) is 9.59 Å². The highest BCUT2D eigenvalue weighted by atomic mass is 16.6. The zero-order valence-corrected chi connectivity index (χ0v) is 20.4. The number of esters is 1. The van der Waals surface area contributed by atoms with E-state index in [0.29, 0.717) is 46.9 Å². The topological polar surface area (TPSA) is 92.7 Å². The predicted molar refractivity (Wildman–Crippen MR) is 123 cm³/mol. The third kappa shape index (κ3) is 4.90. The highest BCUT2D eigenvalue weighted by Crippen LogP contribution is 2.50. The molecule has 2 atom stereocenters. The molecule has 1 aliphatic heterocycles. The summed E-state index contributed by atoms with van der Waals surface area (Å²) in [7, 11) is 6.13. The zero-order chi connectivity index (χ0) is 24.3. The van der Waals surface area contributed by atoms with Gasteiger partial charge >= 0.3 is 5.97 Å². The molecule has 0 aromatic heterocycles. The summed E-state index contributed by atoms with van der Waals surface area (Å²) < 4.78 is 27.0. The Morgan fingerprint density at radius 2 is 1.67 bits per heavy atom. The van der Waals surface area contributed by atoms with Crippen LogP contribution in [0.3, 0.4) is 0 Å². The van der Waals surface area contributed by atoms with Crippen molar-refractivity contribution in [2.45, 2.75) is 39.5 Å². The predicted octanol–water partition coefficient (Wildman–Crippen LogP) is 3.72. The number of hydrogen-bond donors (Lipinski definition) is 0. The molecule has 2 aliphatic rings. The van der Waals surface area contributed by atoms with Crippen LogP contribution in [0.2, 0.25) is 0 Å². The van der Waals surface area contributed by atoms with Crippen LogP contribution in [-0.2, 0) is 19.1 Å². The van der Waals surface area contributed by atoms with Gasteiger partial charge in [-0.05, 0) is 36.5 Å². The van der Waals surface area contributed by atoms with E-state index in [1.807, 2.05) is 6.92 Å². The van der Waals surface area contributed by atoms with Gasteiger partial charge in [0.1, 0.15) is 12.5 Å². The second-order valence-corrected chi connectivity index (χ2v) is 9.13. The molecular weight excluding hydrogens is 426 g/mol. The van der Waals surface area contributed by atoms with Crippen molar-refractivity contribution in [3.05, 3.63) is 29.0 Å². The van der Waals surface area contributed by atoms with Crippen LogP contribution in [0.4, 0.5) is 0 Å². The Hall–Kier alpha value is -2.87. The van der Waals surface area contributed by atoms with Crippen LogP contribution in [0, 0.1) is 11.3 Å². The van der Waals surface area contributed by atoms with Crippen molar-refractivity contribution in [1.82, 2.24) is 0 Å². The molecule has 3 rings (SSSR count). The Labute approximate surface area is 194 Å². The lowest BCUT2D eigenvalue weighted by molar-refractivity contribution is -0.147. The minimum atomic E-state index is -0.756. The van der Waals surface area contributed by atoms with Crippen LogP contribution in [0.15, 0.2) is 28.4 Å². The van der Waals surface area contributed by atoms with Crippen molar-refractivity contribution in [2.24, 2.45) is 16.3 Å². The molecule has 0 saturated heterocycles. The normalized spacial score (nSPS) is 21.8. The van der Waals surface area contributed by atoms with Gasteiger partial charge in [-0.1, -0.05) is 13.8 Å². The summed E-state index contributed by atoms with van der Waals surface area (Å²) in [5.41, 5.74) is 2.40. The third-order valence-electron chi connectivity index (χ3n) is 6.13. The molecule has 0 saturated carbocycles. The van der Waals surface area contributed by atoms with Crippen LogP contribution in [0.1, 0.15) is 45.1 Å². The monoisotopic (exact) mass is 459 g/mol. The van der Waals surface area contributed by atoms with Gasteiger partial charge in [-0.25, -0.2) is 0 Å². The molecule has 0 amide bonds. The summed E-state index contributed by atoms with van der Waals surface area (Å²) in [6, 6.07) is 3.58. The molecule has 0 fully saturated rings. The van der Waals surface area contributed by atoms with Gasteiger partial charge in [-0.2, -0.15) is 0 Å². The summed E-state index contributed by atoms with van der Waals surface area (Å²) in [5, 5.41) is 0. The Bertz CT molecular complexity index is 967. The van der Waals surface area contributed by atoms with E-state index in [0.717, 1.165) is 5.70 Å². The molecule has 0 bridgehead atoms. The summed E-state index contributed by atoms with van der Waals surface area (Å²) in [6.07, 6.45) is 1.03. The first-order chi connectivity index (χ1) is 15.7. The van der Waals surface area contributed by atoms with Crippen molar-refractivity contribution in [1.29, 1.82) is 0 Å². The number of benzene rings is 1.